The summed E-state index contributed by atoms with van der Waals surface area (Å²) in [7, 11) is 0. The molecule has 0 aromatic rings. The van der Waals surface area contributed by atoms with Gasteiger partial charge in [0.15, 0.2) is 0 Å². The molecule has 0 heterocycles. The summed E-state index contributed by atoms with van der Waals surface area (Å²) >= 11 is 0. The van der Waals surface area contributed by atoms with E-state index in [0.29, 0.717) is 6.04 Å². The van der Waals surface area contributed by atoms with Crippen LogP contribution in [0.25, 0.3) is 0 Å². The largest absolute Gasteiger partial charge is 0.393 e. The summed E-state index contributed by atoms with van der Waals surface area (Å²) in [6.45, 7) is 2.37. The fraction of sp³-hybridized carbons (Fsp3) is 1.00. The third kappa shape index (κ3) is 3.46. The molecular weight excluding hydrogens is 186 g/mol. The van der Waals surface area contributed by atoms with E-state index in [0.717, 1.165) is 24.8 Å². The molecule has 2 N–H and O–H groups in total. The Hall–Kier alpha value is -0.0800. The zero-order chi connectivity index (χ0) is 10.7. The monoisotopic (exact) mass is 211 g/mol. The maximum Gasteiger partial charge on any atom is 0.0541 e. The smallest absolute Gasteiger partial charge is 0.0541 e. The Morgan fingerprint density at radius 2 is 1.67 bits per heavy atom. The van der Waals surface area contributed by atoms with E-state index in [1.165, 1.54) is 38.5 Å². The Morgan fingerprint density at radius 1 is 0.933 bits per heavy atom. The molecular formula is C13H25NO. The summed E-state index contributed by atoms with van der Waals surface area (Å²) in [5, 5.41) is 13.2. The summed E-state index contributed by atoms with van der Waals surface area (Å²) in [5.41, 5.74) is 0. The standard InChI is InChI=1S/C13H25NO/c1-10-3-2-4-12(9-10)14-11-5-7-13(15)8-6-11/h10-15H,2-9H2,1H3. The van der Waals surface area contributed by atoms with Crippen molar-refractivity contribution in [3.63, 3.8) is 0 Å². The number of aliphatic hydroxyl groups excluding tert-OH is 1. The number of aliphatic hydroxyl groups is 1. The molecule has 2 saturated carbocycles. The van der Waals surface area contributed by atoms with Gasteiger partial charge in [-0.1, -0.05) is 19.8 Å². The van der Waals surface area contributed by atoms with Crippen LogP contribution >= 0.6 is 0 Å². The van der Waals surface area contributed by atoms with E-state index in [9.17, 15) is 5.11 Å². The third-order valence-corrected chi connectivity index (χ3v) is 4.10. The van der Waals surface area contributed by atoms with Gasteiger partial charge in [0.2, 0.25) is 0 Å². The molecule has 0 aromatic heterocycles. The third-order valence-electron chi connectivity index (χ3n) is 4.10. The molecule has 2 unspecified atom stereocenters. The van der Waals surface area contributed by atoms with E-state index in [2.05, 4.69) is 12.2 Å². The molecule has 0 aromatic carbocycles. The van der Waals surface area contributed by atoms with E-state index in [1.807, 2.05) is 0 Å². The van der Waals surface area contributed by atoms with E-state index >= 15 is 0 Å². The fourth-order valence-electron chi connectivity index (χ4n) is 3.16. The van der Waals surface area contributed by atoms with Crippen molar-refractivity contribution in [1.29, 1.82) is 0 Å². The molecule has 2 atom stereocenters. The average molecular weight is 211 g/mol. The van der Waals surface area contributed by atoms with Crippen LogP contribution in [-0.2, 0) is 0 Å². The first-order chi connectivity index (χ1) is 7.24. The zero-order valence-corrected chi connectivity index (χ0v) is 9.91. The quantitative estimate of drug-likeness (QED) is 0.735. The molecule has 0 spiro atoms. The number of hydrogen-bond donors (Lipinski definition) is 2. The van der Waals surface area contributed by atoms with Crippen LogP contribution in [0.15, 0.2) is 0 Å². The van der Waals surface area contributed by atoms with Gasteiger partial charge in [0.1, 0.15) is 0 Å². The summed E-state index contributed by atoms with van der Waals surface area (Å²) < 4.78 is 0. The summed E-state index contributed by atoms with van der Waals surface area (Å²) in [6, 6.07) is 1.44. The lowest BCUT2D eigenvalue weighted by atomic mass is 9.85. The Balaban J connectivity index is 1.71. The second-order valence-electron chi connectivity index (χ2n) is 5.64. The van der Waals surface area contributed by atoms with Crippen LogP contribution < -0.4 is 5.32 Å². The fourth-order valence-corrected chi connectivity index (χ4v) is 3.16. The van der Waals surface area contributed by atoms with E-state index in [4.69, 9.17) is 0 Å². The number of rotatable bonds is 2. The molecule has 2 rings (SSSR count). The molecule has 0 bridgehead atoms. The first-order valence-corrected chi connectivity index (χ1v) is 6.68. The lowest BCUT2D eigenvalue weighted by Crippen LogP contribution is -2.43. The Bertz CT molecular complexity index is 187. The van der Waals surface area contributed by atoms with Crippen molar-refractivity contribution in [2.75, 3.05) is 0 Å². The van der Waals surface area contributed by atoms with Gasteiger partial charge < -0.3 is 10.4 Å². The van der Waals surface area contributed by atoms with E-state index in [-0.39, 0.29) is 6.10 Å². The van der Waals surface area contributed by atoms with Crippen LogP contribution in [-0.4, -0.2) is 23.3 Å². The lowest BCUT2D eigenvalue weighted by Gasteiger charge is -2.34. The second kappa shape index (κ2) is 5.31. The predicted octanol–water partition coefficient (Wildman–Crippen LogP) is 2.46. The minimum Gasteiger partial charge on any atom is -0.393 e. The average Bonchev–Trinajstić information content (AvgIpc) is 2.22. The van der Waals surface area contributed by atoms with Gasteiger partial charge in [0.25, 0.3) is 0 Å². The lowest BCUT2D eigenvalue weighted by molar-refractivity contribution is 0.111. The van der Waals surface area contributed by atoms with Gasteiger partial charge in [-0.25, -0.2) is 0 Å². The molecule has 2 nitrogen and oxygen atoms in total. The van der Waals surface area contributed by atoms with Gasteiger partial charge >= 0.3 is 0 Å². The molecule has 0 amide bonds. The predicted molar refractivity (Wildman–Crippen MR) is 62.8 cm³/mol. The van der Waals surface area contributed by atoms with Gasteiger partial charge in [-0.2, -0.15) is 0 Å². The van der Waals surface area contributed by atoms with Crippen molar-refractivity contribution in [2.45, 2.75) is 76.5 Å². The number of nitrogens with one attached hydrogen (secondary N) is 1. The molecule has 0 saturated heterocycles. The van der Waals surface area contributed by atoms with E-state index < -0.39 is 0 Å². The van der Waals surface area contributed by atoms with Crippen LogP contribution in [0.2, 0.25) is 0 Å². The first-order valence-electron chi connectivity index (χ1n) is 6.68. The number of hydrogen-bond acceptors (Lipinski definition) is 2. The maximum absolute atomic E-state index is 9.45. The van der Waals surface area contributed by atoms with Crippen molar-refractivity contribution >= 4 is 0 Å². The van der Waals surface area contributed by atoms with E-state index in [1.54, 1.807) is 0 Å². The highest BCUT2D eigenvalue weighted by Gasteiger charge is 2.24. The van der Waals surface area contributed by atoms with Gasteiger partial charge in [-0.05, 0) is 44.4 Å². The van der Waals surface area contributed by atoms with Crippen molar-refractivity contribution in [1.82, 2.24) is 5.32 Å². The van der Waals surface area contributed by atoms with Crippen LogP contribution in [0.4, 0.5) is 0 Å². The minimum atomic E-state index is -0.0201. The van der Waals surface area contributed by atoms with Crippen molar-refractivity contribution in [3.8, 4) is 0 Å². The van der Waals surface area contributed by atoms with Crippen molar-refractivity contribution in [2.24, 2.45) is 5.92 Å². The zero-order valence-electron chi connectivity index (χ0n) is 9.91. The molecule has 0 aliphatic heterocycles. The Kier molecular flexibility index (Phi) is 4.04. The summed E-state index contributed by atoms with van der Waals surface area (Å²) in [4.78, 5) is 0. The summed E-state index contributed by atoms with van der Waals surface area (Å²) in [6.07, 6.45) is 9.87. The molecule has 15 heavy (non-hydrogen) atoms. The van der Waals surface area contributed by atoms with Gasteiger partial charge in [-0.15, -0.1) is 0 Å². The molecule has 2 aliphatic carbocycles. The highest BCUT2D eigenvalue weighted by molar-refractivity contribution is 4.83. The first kappa shape index (κ1) is 11.4. The van der Waals surface area contributed by atoms with Gasteiger partial charge in [0, 0.05) is 12.1 Å². The van der Waals surface area contributed by atoms with Gasteiger partial charge in [-0.3, -0.25) is 0 Å². The highest BCUT2D eigenvalue weighted by Crippen LogP contribution is 2.26. The Labute approximate surface area is 93.5 Å². The van der Waals surface area contributed by atoms with Crippen molar-refractivity contribution in [3.05, 3.63) is 0 Å². The van der Waals surface area contributed by atoms with Crippen LogP contribution in [0.1, 0.15) is 58.3 Å². The topological polar surface area (TPSA) is 32.3 Å². The molecule has 2 fully saturated rings. The highest BCUT2D eigenvalue weighted by atomic mass is 16.3. The normalized spacial score (nSPS) is 42.8. The Morgan fingerprint density at radius 3 is 2.33 bits per heavy atom. The van der Waals surface area contributed by atoms with Crippen LogP contribution in [0.5, 0.6) is 0 Å². The maximum atomic E-state index is 9.45. The molecule has 2 heteroatoms. The SMILES string of the molecule is CC1CCCC(NC2CCC(O)CC2)C1. The molecule has 88 valence electrons. The minimum absolute atomic E-state index is 0.0201. The van der Waals surface area contributed by atoms with Crippen LogP contribution in [0, 0.1) is 5.92 Å². The summed E-state index contributed by atoms with van der Waals surface area (Å²) in [5.74, 6) is 0.908. The van der Waals surface area contributed by atoms with Crippen molar-refractivity contribution < 1.29 is 5.11 Å². The van der Waals surface area contributed by atoms with Gasteiger partial charge in [0.05, 0.1) is 6.10 Å². The molecule has 0 radical (unpaired) electrons. The second-order valence-corrected chi connectivity index (χ2v) is 5.64. The molecule has 2 aliphatic rings. The van der Waals surface area contributed by atoms with Crippen LogP contribution in [0.3, 0.4) is 0 Å².